The van der Waals surface area contributed by atoms with Crippen LogP contribution in [0.4, 0.5) is 11.8 Å². The molecule has 0 saturated heterocycles. The van der Waals surface area contributed by atoms with E-state index >= 15 is 0 Å². The van der Waals surface area contributed by atoms with Gasteiger partial charge in [0.25, 0.3) is 0 Å². The summed E-state index contributed by atoms with van der Waals surface area (Å²) in [6.45, 7) is 1.85. The van der Waals surface area contributed by atoms with E-state index in [1.54, 1.807) is 13.3 Å². The number of aliphatic hydroxyl groups is 1. The fraction of sp³-hybridized carbons (Fsp3) is 0.321. The number of aromatic nitrogens is 3. The second kappa shape index (κ2) is 11.2. The Kier molecular flexibility index (Phi) is 7.62. The molecule has 4 aromatic rings. The second-order valence-electron chi connectivity index (χ2n) is 9.44. The van der Waals surface area contributed by atoms with Crippen molar-refractivity contribution in [2.24, 2.45) is 17.8 Å². The average molecular weight is 532 g/mol. The summed E-state index contributed by atoms with van der Waals surface area (Å²) in [7, 11) is 1.63. The maximum Gasteiger partial charge on any atom is 0.225 e. The van der Waals surface area contributed by atoms with Crippen LogP contribution in [0, 0.1) is 17.8 Å². The number of carbonyl (C=O) groups excluding carboxylic acids is 2. The zero-order valence-electron chi connectivity index (χ0n) is 21.1. The predicted molar refractivity (Wildman–Crippen MR) is 147 cm³/mol. The van der Waals surface area contributed by atoms with Gasteiger partial charge in [-0.15, -0.1) is 11.3 Å². The summed E-state index contributed by atoms with van der Waals surface area (Å²) >= 11 is 1.53. The molecule has 1 fully saturated rings. The van der Waals surface area contributed by atoms with Gasteiger partial charge in [-0.05, 0) is 49.1 Å². The molecule has 1 saturated carbocycles. The molecule has 0 amide bonds. The summed E-state index contributed by atoms with van der Waals surface area (Å²) < 4.78 is 6.39. The SMILES string of the molecule is COc1cccc([C@@H](C)Nc2ncc(-c3nc4ccccc4s3)c(N[C@@H]3C[C@@H](CO)[C@@H](C=O)[C@@H]3C=O)n2)c1. The summed E-state index contributed by atoms with van der Waals surface area (Å²) in [5.41, 5.74) is 2.58. The van der Waals surface area contributed by atoms with Gasteiger partial charge in [-0.3, -0.25) is 0 Å². The van der Waals surface area contributed by atoms with E-state index in [9.17, 15) is 14.7 Å². The van der Waals surface area contributed by atoms with Crippen molar-refractivity contribution >= 4 is 45.9 Å². The number of anilines is 2. The average Bonchev–Trinajstić information content (AvgIpc) is 3.53. The molecule has 196 valence electrons. The molecule has 3 N–H and O–H groups in total. The molecule has 0 unspecified atom stereocenters. The minimum absolute atomic E-state index is 0.112. The number of nitrogens with one attached hydrogen (secondary N) is 2. The van der Waals surface area contributed by atoms with Crippen LogP contribution in [0.5, 0.6) is 5.75 Å². The molecule has 0 radical (unpaired) electrons. The molecule has 0 spiro atoms. The van der Waals surface area contributed by atoms with Crippen molar-refractivity contribution in [1.82, 2.24) is 15.0 Å². The van der Waals surface area contributed by atoms with Crippen molar-refractivity contribution in [3.05, 3.63) is 60.3 Å². The lowest BCUT2D eigenvalue weighted by atomic mass is 9.91. The van der Waals surface area contributed by atoms with Crippen LogP contribution >= 0.6 is 11.3 Å². The van der Waals surface area contributed by atoms with E-state index in [0.717, 1.165) is 39.1 Å². The van der Waals surface area contributed by atoms with E-state index in [0.29, 0.717) is 23.8 Å². The third-order valence-electron chi connectivity index (χ3n) is 7.13. The second-order valence-corrected chi connectivity index (χ2v) is 10.5. The molecule has 5 rings (SSSR count). The first kappa shape index (κ1) is 25.7. The highest BCUT2D eigenvalue weighted by atomic mass is 32.1. The Bertz CT molecular complexity index is 1410. The summed E-state index contributed by atoms with van der Waals surface area (Å²) in [5, 5.41) is 17.3. The third-order valence-corrected chi connectivity index (χ3v) is 8.20. The number of ether oxygens (including phenoxy) is 1. The van der Waals surface area contributed by atoms with Crippen molar-refractivity contribution in [2.45, 2.75) is 25.4 Å². The molecular weight excluding hydrogens is 502 g/mol. The van der Waals surface area contributed by atoms with E-state index < -0.39 is 11.8 Å². The molecule has 0 aliphatic heterocycles. The van der Waals surface area contributed by atoms with Gasteiger partial charge in [-0.2, -0.15) is 4.98 Å². The highest BCUT2D eigenvalue weighted by Gasteiger charge is 2.43. The number of carbonyl (C=O) groups is 2. The van der Waals surface area contributed by atoms with E-state index in [2.05, 4.69) is 15.6 Å². The highest BCUT2D eigenvalue weighted by molar-refractivity contribution is 7.21. The first-order valence-electron chi connectivity index (χ1n) is 12.5. The Morgan fingerprint density at radius 3 is 2.68 bits per heavy atom. The molecule has 2 aromatic heterocycles. The van der Waals surface area contributed by atoms with Crippen LogP contribution in [0.3, 0.4) is 0 Å². The molecule has 2 heterocycles. The van der Waals surface area contributed by atoms with Crippen LogP contribution in [0.1, 0.15) is 24.9 Å². The van der Waals surface area contributed by atoms with E-state index in [1.165, 1.54) is 11.3 Å². The van der Waals surface area contributed by atoms with Gasteiger partial charge >= 0.3 is 0 Å². The molecule has 38 heavy (non-hydrogen) atoms. The predicted octanol–water partition coefficient (Wildman–Crippen LogP) is 4.36. The van der Waals surface area contributed by atoms with E-state index in [-0.39, 0.29) is 24.6 Å². The number of aldehydes is 2. The number of fused-ring (bicyclic) bond motifs is 1. The molecule has 1 aliphatic carbocycles. The lowest BCUT2D eigenvalue weighted by molar-refractivity contribution is -0.119. The molecule has 5 atom stereocenters. The van der Waals surface area contributed by atoms with Crippen LogP contribution in [-0.2, 0) is 9.59 Å². The van der Waals surface area contributed by atoms with Crippen LogP contribution in [0.25, 0.3) is 20.8 Å². The molecule has 0 bridgehead atoms. The van der Waals surface area contributed by atoms with Crippen molar-refractivity contribution in [3.8, 4) is 16.3 Å². The number of benzene rings is 2. The zero-order chi connectivity index (χ0) is 26.6. The quantitative estimate of drug-likeness (QED) is 0.256. The maximum absolute atomic E-state index is 12.0. The number of rotatable bonds is 10. The van der Waals surface area contributed by atoms with E-state index in [1.807, 2.05) is 55.5 Å². The number of hydrogen-bond donors (Lipinski definition) is 3. The standard InChI is InChI=1S/C28H29N5O4S/c1-16(17-6-5-7-19(10-17)37-2)30-28-29-12-20(27-32-23-8-3-4-9-25(23)38-27)26(33-28)31-24-11-18(13-34)21(14-35)22(24)15-36/h3-10,12,14-16,18,21-22,24,34H,11,13H2,1-2H3,(H2,29,30,31,33)/t16-,18+,21-,22+,24-/m1/s1. The van der Waals surface area contributed by atoms with Gasteiger partial charge in [0.15, 0.2) is 0 Å². The van der Waals surface area contributed by atoms with Gasteiger partial charge in [0.1, 0.15) is 29.1 Å². The van der Waals surface area contributed by atoms with Crippen molar-refractivity contribution < 1.29 is 19.4 Å². The number of nitrogens with zero attached hydrogens (tertiary/aromatic N) is 3. The summed E-state index contributed by atoms with van der Waals surface area (Å²) in [6, 6.07) is 15.2. The number of hydrogen-bond acceptors (Lipinski definition) is 10. The Hall–Kier alpha value is -3.89. The smallest absolute Gasteiger partial charge is 0.225 e. The van der Waals surface area contributed by atoms with Crippen LogP contribution < -0.4 is 15.4 Å². The van der Waals surface area contributed by atoms with Crippen LogP contribution in [0.2, 0.25) is 0 Å². The maximum atomic E-state index is 12.0. The van der Waals surface area contributed by atoms with Gasteiger partial charge < -0.3 is 30.1 Å². The van der Waals surface area contributed by atoms with Crippen LogP contribution in [-0.4, -0.2) is 52.4 Å². The topological polar surface area (TPSA) is 126 Å². The number of para-hydroxylation sites is 1. The fourth-order valence-corrected chi connectivity index (χ4v) is 6.01. The molecular formula is C28H29N5O4S. The van der Waals surface area contributed by atoms with E-state index in [4.69, 9.17) is 14.7 Å². The number of thiazole rings is 1. The first-order chi connectivity index (χ1) is 18.5. The molecule has 9 nitrogen and oxygen atoms in total. The van der Waals surface area contributed by atoms with Gasteiger partial charge in [0, 0.05) is 30.7 Å². The third kappa shape index (κ3) is 5.09. The minimum atomic E-state index is -0.574. The first-order valence-corrected chi connectivity index (χ1v) is 13.3. The Morgan fingerprint density at radius 2 is 1.95 bits per heavy atom. The van der Waals surface area contributed by atoms with Gasteiger partial charge in [-0.1, -0.05) is 24.3 Å². The Labute approximate surface area is 224 Å². The van der Waals surface area contributed by atoms with Crippen molar-refractivity contribution in [3.63, 3.8) is 0 Å². The minimum Gasteiger partial charge on any atom is -0.497 e. The molecule has 2 aromatic carbocycles. The zero-order valence-corrected chi connectivity index (χ0v) is 21.9. The van der Waals surface area contributed by atoms with Gasteiger partial charge in [-0.25, -0.2) is 9.97 Å². The monoisotopic (exact) mass is 531 g/mol. The van der Waals surface area contributed by atoms with Crippen molar-refractivity contribution in [2.75, 3.05) is 24.4 Å². The molecule has 1 aliphatic rings. The van der Waals surface area contributed by atoms with Crippen molar-refractivity contribution in [1.29, 1.82) is 0 Å². The summed E-state index contributed by atoms with van der Waals surface area (Å²) in [5.74, 6) is 0.260. The van der Waals surface area contributed by atoms with Gasteiger partial charge in [0.05, 0.1) is 28.9 Å². The number of aliphatic hydroxyl groups excluding tert-OH is 1. The fourth-order valence-electron chi connectivity index (χ4n) is 5.03. The number of methoxy groups -OCH3 is 1. The van der Waals surface area contributed by atoms with Gasteiger partial charge in [0.2, 0.25) is 5.95 Å². The lowest BCUT2D eigenvalue weighted by Crippen LogP contribution is -2.30. The largest absolute Gasteiger partial charge is 0.497 e. The lowest BCUT2D eigenvalue weighted by Gasteiger charge is -2.21. The summed E-state index contributed by atoms with van der Waals surface area (Å²) in [6.07, 6.45) is 3.77. The Morgan fingerprint density at radius 1 is 1.13 bits per heavy atom. The highest BCUT2D eigenvalue weighted by Crippen LogP contribution is 2.39. The Balaban J connectivity index is 1.50. The summed E-state index contributed by atoms with van der Waals surface area (Å²) in [4.78, 5) is 37.9. The molecule has 10 heteroatoms. The normalized spacial score (nSPS) is 21.7. The van der Waals surface area contributed by atoms with Crippen LogP contribution in [0.15, 0.2) is 54.7 Å².